The summed E-state index contributed by atoms with van der Waals surface area (Å²) in [6.45, 7) is 1.56. The summed E-state index contributed by atoms with van der Waals surface area (Å²) >= 11 is 5.95. The maximum atomic E-state index is 13.2. The van der Waals surface area contributed by atoms with E-state index in [2.05, 4.69) is 15.4 Å². The van der Waals surface area contributed by atoms with E-state index in [0.717, 1.165) is 4.68 Å². The Kier molecular flexibility index (Phi) is 5.76. The summed E-state index contributed by atoms with van der Waals surface area (Å²) in [5, 5.41) is 6.13. The van der Waals surface area contributed by atoms with Crippen molar-refractivity contribution < 1.29 is 22.8 Å². The summed E-state index contributed by atoms with van der Waals surface area (Å²) in [5.74, 6) is 3.48. The van der Waals surface area contributed by atoms with Gasteiger partial charge in [-0.3, -0.25) is 15.0 Å². The third kappa shape index (κ3) is 4.26. The van der Waals surface area contributed by atoms with Gasteiger partial charge in [0.25, 0.3) is 11.8 Å². The molecule has 0 radical (unpaired) electrons. The molecule has 30 heavy (non-hydrogen) atoms. The predicted octanol–water partition coefficient (Wildman–Crippen LogP) is 3.10. The fourth-order valence-corrected chi connectivity index (χ4v) is 2.95. The highest BCUT2D eigenvalue weighted by Crippen LogP contribution is 2.30. The molecule has 0 spiro atoms. The van der Waals surface area contributed by atoms with Crippen molar-refractivity contribution in [3.8, 4) is 5.82 Å². The second-order valence-corrected chi connectivity index (χ2v) is 6.52. The number of anilines is 1. The van der Waals surface area contributed by atoms with Gasteiger partial charge in [0, 0.05) is 17.3 Å². The molecule has 2 aromatic heterocycles. The molecule has 0 aliphatic rings. The molecule has 0 aliphatic carbocycles. The average Bonchev–Trinajstić information content (AvgIpc) is 3.16. The number of carbonyl (C=O) groups is 2. The average molecular weight is 439 g/mol. The normalized spacial score (nSPS) is 11.3. The smallest absolute Gasteiger partial charge is 0.320 e. The minimum atomic E-state index is -4.78. The van der Waals surface area contributed by atoms with E-state index in [1.165, 1.54) is 30.5 Å². The van der Waals surface area contributed by atoms with Crippen molar-refractivity contribution in [2.24, 2.45) is 5.84 Å². The molecule has 0 bridgehead atoms. The lowest BCUT2D eigenvalue weighted by atomic mass is 10.1. The molecule has 0 saturated carbocycles. The Morgan fingerprint density at radius 3 is 2.50 bits per heavy atom. The number of carbonyl (C=O) groups excluding carboxylic acids is 2. The van der Waals surface area contributed by atoms with E-state index in [4.69, 9.17) is 17.4 Å². The van der Waals surface area contributed by atoms with Crippen LogP contribution in [0, 0.1) is 6.92 Å². The number of alkyl halides is 3. The van der Waals surface area contributed by atoms with E-state index >= 15 is 0 Å². The maximum Gasteiger partial charge on any atom is 0.435 e. The maximum absolute atomic E-state index is 13.2. The number of aromatic nitrogens is 3. The fraction of sp³-hybridized carbons (Fsp3) is 0.111. The number of benzene rings is 1. The zero-order valence-corrected chi connectivity index (χ0v) is 16.0. The summed E-state index contributed by atoms with van der Waals surface area (Å²) in [6.07, 6.45) is -3.44. The second kappa shape index (κ2) is 8.13. The number of hydrogen-bond donors (Lipinski definition) is 3. The Labute approximate surface area is 172 Å². The zero-order valence-electron chi connectivity index (χ0n) is 15.3. The van der Waals surface area contributed by atoms with Gasteiger partial charge in [-0.25, -0.2) is 15.5 Å². The predicted molar refractivity (Wildman–Crippen MR) is 102 cm³/mol. The van der Waals surface area contributed by atoms with Gasteiger partial charge in [0.1, 0.15) is 5.69 Å². The summed E-state index contributed by atoms with van der Waals surface area (Å²) in [7, 11) is 0. The van der Waals surface area contributed by atoms with Gasteiger partial charge in [0.05, 0.1) is 11.3 Å². The molecule has 1 aromatic carbocycles. The SMILES string of the molecule is Cc1cc(Cl)cc(C(=O)NN)c1NC(=O)c1cc(C(F)(F)F)nn1-c1ccccn1. The van der Waals surface area contributed by atoms with Gasteiger partial charge in [-0.15, -0.1) is 0 Å². The number of aryl methyl sites for hydroxylation is 1. The molecule has 0 aliphatic heterocycles. The minimum absolute atomic E-state index is 0.00547. The van der Waals surface area contributed by atoms with Gasteiger partial charge in [-0.2, -0.15) is 18.3 Å². The molecule has 0 saturated heterocycles. The molecule has 0 unspecified atom stereocenters. The van der Waals surface area contributed by atoms with E-state index in [1.54, 1.807) is 13.0 Å². The number of nitrogens with two attached hydrogens (primary N) is 1. The van der Waals surface area contributed by atoms with E-state index in [0.29, 0.717) is 11.6 Å². The number of rotatable bonds is 4. The molecule has 2 amide bonds. The quantitative estimate of drug-likeness (QED) is 0.329. The Morgan fingerprint density at radius 1 is 1.17 bits per heavy atom. The molecule has 0 atom stereocenters. The summed E-state index contributed by atoms with van der Waals surface area (Å²) < 4.78 is 40.4. The van der Waals surface area contributed by atoms with Gasteiger partial charge >= 0.3 is 6.18 Å². The number of nitrogen functional groups attached to an aromatic ring is 1. The van der Waals surface area contributed by atoms with Crippen molar-refractivity contribution in [3.63, 3.8) is 0 Å². The van der Waals surface area contributed by atoms with Crippen LogP contribution in [-0.2, 0) is 6.18 Å². The topological polar surface area (TPSA) is 115 Å². The van der Waals surface area contributed by atoms with Crippen LogP contribution < -0.4 is 16.6 Å². The van der Waals surface area contributed by atoms with Crippen molar-refractivity contribution in [2.45, 2.75) is 13.1 Å². The van der Waals surface area contributed by atoms with Crippen LogP contribution in [0.15, 0.2) is 42.6 Å². The Balaban J connectivity index is 2.09. The Morgan fingerprint density at radius 2 is 1.90 bits per heavy atom. The highest BCUT2D eigenvalue weighted by atomic mass is 35.5. The van der Waals surface area contributed by atoms with Crippen LogP contribution in [0.4, 0.5) is 18.9 Å². The van der Waals surface area contributed by atoms with E-state index in [1.807, 2.05) is 5.43 Å². The van der Waals surface area contributed by atoms with Crippen molar-refractivity contribution in [1.29, 1.82) is 0 Å². The zero-order chi connectivity index (χ0) is 22.1. The number of amides is 2. The highest BCUT2D eigenvalue weighted by Gasteiger charge is 2.36. The van der Waals surface area contributed by atoms with Gasteiger partial charge in [-0.05, 0) is 36.8 Å². The summed E-state index contributed by atoms with van der Waals surface area (Å²) in [5.41, 5.74) is 0.592. The highest BCUT2D eigenvalue weighted by molar-refractivity contribution is 6.31. The van der Waals surface area contributed by atoms with Crippen LogP contribution in [0.25, 0.3) is 5.82 Å². The minimum Gasteiger partial charge on any atom is -0.320 e. The van der Waals surface area contributed by atoms with E-state index in [-0.39, 0.29) is 22.1 Å². The molecule has 3 rings (SSSR count). The monoisotopic (exact) mass is 438 g/mol. The molecule has 156 valence electrons. The van der Waals surface area contributed by atoms with Gasteiger partial charge in [0.15, 0.2) is 11.5 Å². The Bertz CT molecular complexity index is 1120. The van der Waals surface area contributed by atoms with Crippen molar-refractivity contribution in [1.82, 2.24) is 20.2 Å². The van der Waals surface area contributed by atoms with Crippen molar-refractivity contribution >= 4 is 29.1 Å². The molecule has 12 heteroatoms. The number of nitrogens with zero attached hydrogens (tertiary/aromatic N) is 3. The van der Waals surface area contributed by atoms with Crippen LogP contribution in [0.1, 0.15) is 32.1 Å². The van der Waals surface area contributed by atoms with E-state index in [9.17, 15) is 22.8 Å². The van der Waals surface area contributed by atoms with Crippen LogP contribution in [0.5, 0.6) is 0 Å². The van der Waals surface area contributed by atoms with Crippen LogP contribution in [-0.4, -0.2) is 26.6 Å². The number of halogens is 4. The van der Waals surface area contributed by atoms with Gasteiger partial charge in [-0.1, -0.05) is 17.7 Å². The number of nitrogens with one attached hydrogen (secondary N) is 2. The van der Waals surface area contributed by atoms with Crippen molar-refractivity contribution in [3.05, 3.63) is 70.1 Å². The van der Waals surface area contributed by atoms with Crippen LogP contribution in [0.2, 0.25) is 5.02 Å². The molecule has 8 nitrogen and oxygen atoms in total. The molecule has 4 N–H and O–H groups in total. The van der Waals surface area contributed by atoms with Crippen molar-refractivity contribution in [2.75, 3.05) is 5.32 Å². The largest absolute Gasteiger partial charge is 0.435 e. The molecular formula is C18H14ClF3N6O2. The van der Waals surface area contributed by atoms with Gasteiger partial charge in [0.2, 0.25) is 0 Å². The summed E-state index contributed by atoms with van der Waals surface area (Å²) in [6, 6.07) is 7.83. The van der Waals surface area contributed by atoms with E-state index < -0.39 is 29.4 Å². The van der Waals surface area contributed by atoms with Gasteiger partial charge < -0.3 is 5.32 Å². The standard InChI is InChI=1S/C18H14ClF3N6O2/c1-9-6-10(19)7-11(16(29)26-23)15(9)25-17(30)12-8-13(18(20,21)22)27-28(12)14-4-2-3-5-24-14/h2-8H,23H2,1H3,(H,25,30)(H,26,29). The number of hydrogen-bond acceptors (Lipinski definition) is 5. The molecule has 0 fully saturated rings. The van der Waals surface area contributed by atoms with Crippen LogP contribution >= 0.6 is 11.6 Å². The lowest BCUT2D eigenvalue weighted by Gasteiger charge is -2.14. The lowest BCUT2D eigenvalue weighted by molar-refractivity contribution is -0.141. The molecule has 3 aromatic rings. The first-order valence-corrected chi connectivity index (χ1v) is 8.70. The third-order valence-electron chi connectivity index (χ3n) is 4.01. The molecule has 2 heterocycles. The first-order chi connectivity index (χ1) is 14.1. The number of pyridine rings is 1. The molecular weight excluding hydrogens is 425 g/mol. The first-order valence-electron chi connectivity index (χ1n) is 8.33. The van der Waals surface area contributed by atoms with Crippen LogP contribution in [0.3, 0.4) is 0 Å². The summed E-state index contributed by atoms with van der Waals surface area (Å²) in [4.78, 5) is 28.9. The lowest BCUT2D eigenvalue weighted by Crippen LogP contribution is -2.31. The third-order valence-corrected chi connectivity index (χ3v) is 4.23. The second-order valence-electron chi connectivity index (χ2n) is 6.09. The first kappa shape index (κ1) is 21.3. The Hall–Kier alpha value is -3.44. The fourth-order valence-electron chi connectivity index (χ4n) is 2.68. The number of hydrazine groups is 1.